The van der Waals surface area contributed by atoms with Gasteiger partial charge in [0.25, 0.3) is 0 Å². The number of hydrogen-bond acceptors (Lipinski definition) is 6. The average Bonchev–Trinajstić information content (AvgIpc) is 2.46. The fourth-order valence-corrected chi connectivity index (χ4v) is 2.77. The van der Waals surface area contributed by atoms with Crippen molar-refractivity contribution < 1.29 is 15.0 Å². The minimum Gasteiger partial charge on any atom is -0.390 e. The van der Waals surface area contributed by atoms with Gasteiger partial charge in [0.15, 0.2) is 5.12 Å². The standard InChI is InChI=1S/C14H15ClN2O3S/c1-8(18)21-5-4-12(19)13(20)9-2-3-11-10(6-9)14(15)17-7-16-11/h2-3,6-7,12-13,19-20H,4-5H2,1H3. The van der Waals surface area contributed by atoms with Crippen LogP contribution in [0.5, 0.6) is 0 Å². The van der Waals surface area contributed by atoms with Crippen molar-refractivity contribution in [3.8, 4) is 0 Å². The third-order valence-electron chi connectivity index (χ3n) is 3.04. The summed E-state index contributed by atoms with van der Waals surface area (Å²) in [6, 6.07) is 5.08. The summed E-state index contributed by atoms with van der Waals surface area (Å²) in [5.74, 6) is 0.463. The Bertz CT molecular complexity index is 653. The van der Waals surface area contributed by atoms with Crippen LogP contribution in [0.1, 0.15) is 25.0 Å². The van der Waals surface area contributed by atoms with E-state index in [1.54, 1.807) is 18.2 Å². The molecule has 5 nitrogen and oxygen atoms in total. The lowest BCUT2D eigenvalue weighted by Crippen LogP contribution is -2.19. The molecule has 0 bridgehead atoms. The van der Waals surface area contributed by atoms with E-state index >= 15 is 0 Å². The third kappa shape index (κ3) is 4.14. The Balaban J connectivity index is 2.13. The summed E-state index contributed by atoms with van der Waals surface area (Å²) in [7, 11) is 0. The number of nitrogens with zero attached hydrogens (tertiary/aromatic N) is 2. The highest BCUT2D eigenvalue weighted by atomic mass is 35.5. The van der Waals surface area contributed by atoms with E-state index in [4.69, 9.17) is 11.6 Å². The number of aliphatic hydroxyl groups is 2. The SMILES string of the molecule is CC(=O)SCCC(O)C(O)c1ccc2ncnc(Cl)c2c1. The Morgan fingerprint density at radius 2 is 2.14 bits per heavy atom. The lowest BCUT2D eigenvalue weighted by Gasteiger charge is -2.18. The van der Waals surface area contributed by atoms with Crippen molar-refractivity contribution in [2.45, 2.75) is 25.6 Å². The molecule has 2 N–H and O–H groups in total. The quantitative estimate of drug-likeness (QED) is 0.821. The third-order valence-corrected chi connectivity index (χ3v) is 4.18. The average molecular weight is 327 g/mol. The van der Waals surface area contributed by atoms with E-state index in [0.717, 1.165) is 11.8 Å². The molecule has 0 saturated heterocycles. The molecular weight excluding hydrogens is 312 g/mol. The first-order chi connectivity index (χ1) is 9.99. The van der Waals surface area contributed by atoms with Gasteiger partial charge in [0.05, 0.1) is 11.6 Å². The number of aromatic nitrogens is 2. The molecule has 112 valence electrons. The Hall–Kier alpha value is -1.21. The molecule has 2 unspecified atom stereocenters. The molecule has 0 saturated carbocycles. The lowest BCUT2D eigenvalue weighted by molar-refractivity contribution is -0.109. The Morgan fingerprint density at radius 3 is 2.86 bits per heavy atom. The normalized spacial score (nSPS) is 14.1. The number of carbonyl (C=O) groups excluding carboxylic acids is 1. The Kier molecular flexibility index (Phi) is 5.52. The van der Waals surface area contributed by atoms with Crippen LogP contribution in [0.4, 0.5) is 0 Å². The van der Waals surface area contributed by atoms with Crippen LogP contribution >= 0.6 is 23.4 Å². The second-order valence-corrected chi connectivity index (χ2v) is 6.21. The Labute approximate surface area is 131 Å². The molecule has 0 amide bonds. The van der Waals surface area contributed by atoms with E-state index in [1.807, 2.05) is 0 Å². The maximum absolute atomic E-state index is 10.8. The first kappa shape index (κ1) is 16.2. The van der Waals surface area contributed by atoms with Gasteiger partial charge in [-0.2, -0.15) is 0 Å². The molecule has 0 aliphatic rings. The molecular formula is C14H15ClN2O3S. The topological polar surface area (TPSA) is 83.3 Å². The number of aliphatic hydroxyl groups excluding tert-OH is 2. The molecule has 1 aromatic carbocycles. The van der Waals surface area contributed by atoms with Crippen LogP contribution in [0, 0.1) is 0 Å². The number of rotatable bonds is 5. The van der Waals surface area contributed by atoms with Gasteiger partial charge < -0.3 is 10.2 Å². The molecule has 0 fully saturated rings. The van der Waals surface area contributed by atoms with Crippen LogP contribution in [0.3, 0.4) is 0 Å². The number of benzene rings is 1. The number of halogens is 1. The van der Waals surface area contributed by atoms with Crippen LogP contribution < -0.4 is 0 Å². The van der Waals surface area contributed by atoms with Crippen molar-refractivity contribution in [3.63, 3.8) is 0 Å². The molecule has 2 aromatic rings. The summed E-state index contributed by atoms with van der Waals surface area (Å²) in [6.45, 7) is 1.47. The van der Waals surface area contributed by atoms with E-state index in [-0.39, 0.29) is 5.12 Å². The molecule has 0 aliphatic carbocycles. The van der Waals surface area contributed by atoms with E-state index in [2.05, 4.69) is 9.97 Å². The lowest BCUT2D eigenvalue weighted by atomic mass is 10.0. The van der Waals surface area contributed by atoms with E-state index in [1.165, 1.54) is 13.3 Å². The number of thioether (sulfide) groups is 1. The summed E-state index contributed by atoms with van der Waals surface area (Å²) in [5.41, 5.74) is 1.21. The summed E-state index contributed by atoms with van der Waals surface area (Å²) in [5, 5.41) is 21.1. The van der Waals surface area contributed by atoms with Gasteiger partial charge in [0.1, 0.15) is 17.6 Å². The van der Waals surface area contributed by atoms with Crippen LogP contribution in [0.2, 0.25) is 5.15 Å². The van der Waals surface area contributed by atoms with Crippen molar-refractivity contribution in [1.29, 1.82) is 0 Å². The Morgan fingerprint density at radius 1 is 1.38 bits per heavy atom. The van der Waals surface area contributed by atoms with E-state index < -0.39 is 12.2 Å². The maximum Gasteiger partial charge on any atom is 0.185 e. The van der Waals surface area contributed by atoms with Crippen molar-refractivity contribution in [2.24, 2.45) is 0 Å². The monoisotopic (exact) mass is 326 g/mol. The molecule has 7 heteroatoms. The van der Waals surface area contributed by atoms with Gasteiger partial charge in [-0.15, -0.1) is 0 Å². The molecule has 21 heavy (non-hydrogen) atoms. The zero-order valence-corrected chi connectivity index (χ0v) is 12.9. The maximum atomic E-state index is 10.8. The van der Waals surface area contributed by atoms with E-state index in [0.29, 0.717) is 33.8 Å². The van der Waals surface area contributed by atoms with Gasteiger partial charge in [-0.05, 0) is 24.1 Å². The summed E-state index contributed by atoms with van der Waals surface area (Å²) >= 11 is 7.12. The number of fused-ring (bicyclic) bond motifs is 1. The summed E-state index contributed by atoms with van der Waals surface area (Å²) in [6.07, 6.45) is -0.298. The highest BCUT2D eigenvalue weighted by Crippen LogP contribution is 2.26. The molecule has 0 radical (unpaired) electrons. The van der Waals surface area contributed by atoms with Crippen molar-refractivity contribution in [2.75, 3.05) is 5.75 Å². The molecule has 0 spiro atoms. The largest absolute Gasteiger partial charge is 0.390 e. The van der Waals surface area contributed by atoms with Gasteiger partial charge in [-0.25, -0.2) is 9.97 Å². The predicted octanol–water partition coefficient (Wildman–Crippen LogP) is 2.35. The van der Waals surface area contributed by atoms with Crippen molar-refractivity contribution >= 4 is 39.4 Å². The van der Waals surface area contributed by atoms with Crippen LogP contribution in [0.15, 0.2) is 24.5 Å². The summed E-state index contributed by atoms with van der Waals surface area (Å²) < 4.78 is 0. The molecule has 2 atom stereocenters. The van der Waals surface area contributed by atoms with Gasteiger partial charge in [-0.3, -0.25) is 4.79 Å². The predicted molar refractivity (Wildman–Crippen MR) is 83.3 cm³/mol. The molecule has 1 aromatic heterocycles. The molecule has 1 heterocycles. The second kappa shape index (κ2) is 7.17. The minimum atomic E-state index is -1.04. The first-order valence-corrected chi connectivity index (χ1v) is 7.75. The minimum absolute atomic E-state index is 0.00803. The van der Waals surface area contributed by atoms with Crippen LogP contribution in [0.25, 0.3) is 10.9 Å². The highest BCUT2D eigenvalue weighted by Gasteiger charge is 2.19. The highest BCUT2D eigenvalue weighted by molar-refractivity contribution is 8.13. The zero-order chi connectivity index (χ0) is 15.4. The van der Waals surface area contributed by atoms with Gasteiger partial charge in [0.2, 0.25) is 0 Å². The van der Waals surface area contributed by atoms with Crippen LogP contribution in [-0.2, 0) is 4.79 Å². The van der Waals surface area contributed by atoms with Gasteiger partial charge in [-0.1, -0.05) is 29.4 Å². The number of hydrogen-bond donors (Lipinski definition) is 2. The fraction of sp³-hybridized carbons (Fsp3) is 0.357. The van der Waals surface area contributed by atoms with E-state index in [9.17, 15) is 15.0 Å². The summed E-state index contributed by atoms with van der Waals surface area (Å²) in [4.78, 5) is 18.8. The zero-order valence-electron chi connectivity index (χ0n) is 11.4. The van der Waals surface area contributed by atoms with Gasteiger partial charge >= 0.3 is 0 Å². The van der Waals surface area contributed by atoms with Crippen LogP contribution in [-0.4, -0.2) is 37.2 Å². The number of carbonyl (C=O) groups is 1. The molecule has 0 aliphatic heterocycles. The second-order valence-electron chi connectivity index (χ2n) is 4.58. The molecule has 2 rings (SSSR count). The first-order valence-electron chi connectivity index (χ1n) is 6.38. The van der Waals surface area contributed by atoms with Crippen molar-refractivity contribution in [3.05, 3.63) is 35.2 Å². The van der Waals surface area contributed by atoms with Crippen molar-refractivity contribution in [1.82, 2.24) is 9.97 Å². The van der Waals surface area contributed by atoms with Gasteiger partial charge in [0, 0.05) is 18.1 Å². The smallest absolute Gasteiger partial charge is 0.185 e. The fourth-order valence-electron chi connectivity index (χ4n) is 1.93.